The standard InChI is InChI=1S/C31H33N5O4S/c1-21-8-12-25(13-9-21)36-29(24-6-5-7-27(18-24)40-4)32-33-31(36)41-20-28(37)34-16-17-35(22(2)19-34)30(38)23-10-14-26(39-3)15-11-23/h5-15,18,22H,16-17,19-20H2,1-4H3. The van der Waals surface area contributed by atoms with Crippen LogP contribution in [0.1, 0.15) is 22.8 Å². The van der Waals surface area contributed by atoms with E-state index >= 15 is 0 Å². The first-order valence-corrected chi connectivity index (χ1v) is 14.4. The topological polar surface area (TPSA) is 89.8 Å². The van der Waals surface area contributed by atoms with E-state index in [-0.39, 0.29) is 23.6 Å². The maximum absolute atomic E-state index is 13.3. The smallest absolute Gasteiger partial charge is 0.254 e. The first kappa shape index (κ1) is 28.2. The first-order valence-electron chi connectivity index (χ1n) is 13.4. The Balaban J connectivity index is 1.29. The summed E-state index contributed by atoms with van der Waals surface area (Å²) in [5, 5.41) is 9.58. The van der Waals surface area contributed by atoms with Gasteiger partial charge in [0.1, 0.15) is 11.5 Å². The lowest BCUT2D eigenvalue weighted by Crippen LogP contribution is -2.55. The summed E-state index contributed by atoms with van der Waals surface area (Å²) in [6, 6.07) is 22.8. The average molecular weight is 572 g/mol. The Labute approximate surface area is 244 Å². The molecule has 1 aliphatic heterocycles. The number of ether oxygens (including phenoxy) is 2. The predicted octanol–water partition coefficient (Wildman–Crippen LogP) is 4.73. The van der Waals surface area contributed by atoms with Crippen molar-refractivity contribution < 1.29 is 19.1 Å². The lowest BCUT2D eigenvalue weighted by molar-refractivity contribution is -0.130. The molecule has 0 bridgehead atoms. The highest BCUT2D eigenvalue weighted by Crippen LogP contribution is 2.30. The second-order valence-corrected chi connectivity index (χ2v) is 10.9. The van der Waals surface area contributed by atoms with E-state index in [1.54, 1.807) is 38.5 Å². The predicted molar refractivity (Wildman–Crippen MR) is 159 cm³/mol. The van der Waals surface area contributed by atoms with Gasteiger partial charge in [0, 0.05) is 42.5 Å². The van der Waals surface area contributed by atoms with E-state index in [0.29, 0.717) is 41.9 Å². The Morgan fingerprint density at radius 3 is 2.34 bits per heavy atom. The SMILES string of the molecule is COc1ccc(C(=O)N2CCN(C(=O)CSc3nnc(-c4cccc(OC)c4)n3-c3ccc(C)cc3)CC2C)cc1. The van der Waals surface area contributed by atoms with Gasteiger partial charge in [-0.2, -0.15) is 0 Å². The molecule has 0 N–H and O–H groups in total. The Morgan fingerprint density at radius 2 is 1.66 bits per heavy atom. The van der Waals surface area contributed by atoms with E-state index < -0.39 is 0 Å². The van der Waals surface area contributed by atoms with Crippen molar-refractivity contribution in [2.24, 2.45) is 0 Å². The maximum atomic E-state index is 13.3. The Bertz CT molecular complexity index is 1520. The van der Waals surface area contributed by atoms with E-state index in [2.05, 4.69) is 10.2 Å². The monoisotopic (exact) mass is 571 g/mol. The summed E-state index contributed by atoms with van der Waals surface area (Å²) in [4.78, 5) is 30.1. The second-order valence-electron chi connectivity index (χ2n) is 9.91. The summed E-state index contributed by atoms with van der Waals surface area (Å²) < 4.78 is 12.6. The number of benzene rings is 3. The van der Waals surface area contributed by atoms with E-state index in [9.17, 15) is 9.59 Å². The zero-order valence-electron chi connectivity index (χ0n) is 23.6. The molecular weight excluding hydrogens is 538 g/mol. The molecule has 9 nitrogen and oxygen atoms in total. The van der Waals surface area contributed by atoms with Crippen molar-refractivity contribution in [2.45, 2.75) is 25.0 Å². The van der Waals surface area contributed by atoms with Crippen molar-refractivity contribution in [3.8, 4) is 28.6 Å². The summed E-state index contributed by atoms with van der Waals surface area (Å²) in [7, 11) is 3.23. The number of rotatable bonds is 8. The number of methoxy groups -OCH3 is 2. The number of aromatic nitrogens is 3. The van der Waals surface area contributed by atoms with Gasteiger partial charge in [-0.3, -0.25) is 14.2 Å². The fraction of sp³-hybridized carbons (Fsp3) is 0.290. The van der Waals surface area contributed by atoms with Crippen LogP contribution in [0.2, 0.25) is 0 Å². The third-order valence-electron chi connectivity index (χ3n) is 7.16. The molecule has 4 aromatic rings. The normalized spacial score (nSPS) is 15.1. The molecule has 0 radical (unpaired) electrons. The van der Waals surface area contributed by atoms with Gasteiger partial charge in [-0.15, -0.1) is 10.2 Å². The molecule has 10 heteroatoms. The van der Waals surface area contributed by atoms with Crippen molar-refractivity contribution in [1.82, 2.24) is 24.6 Å². The van der Waals surface area contributed by atoms with Crippen molar-refractivity contribution in [1.29, 1.82) is 0 Å². The molecule has 1 unspecified atom stereocenters. The number of carbonyl (C=O) groups is 2. The van der Waals surface area contributed by atoms with Crippen LogP contribution in [0.4, 0.5) is 0 Å². The zero-order chi connectivity index (χ0) is 28.9. The van der Waals surface area contributed by atoms with E-state index in [4.69, 9.17) is 9.47 Å². The van der Waals surface area contributed by atoms with Crippen LogP contribution in [0.15, 0.2) is 78.0 Å². The highest BCUT2D eigenvalue weighted by Gasteiger charge is 2.30. The highest BCUT2D eigenvalue weighted by atomic mass is 32.2. The molecule has 5 rings (SSSR count). The maximum Gasteiger partial charge on any atom is 0.254 e. The number of thioether (sulfide) groups is 1. The fourth-order valence-electron chi connectivity index (χ4n) is 4.84. The molecule has 1 fully saturated rings. The molecule has 0 aliphatic carbocycles. The molecule has 0 saturated carbocycles. The van der Waals surface area contributed by atoms with Crippen LogP contribution in [-0.4, -0.2) is 82.0 Å². The van der Waals surface area contributed by atoms with Crippen molar-refractivity contribution in [3.63, 3.8) is 0 Å². The molecule has 1 aromatic heterocycles. The molecule has 2 amide bonds. The number of hydrogen-bond acceptors (Lipinski definition) is 7. The van der Waals surface area contributed by atoms with Crippen LogP contribution in [0, 0.1) is 6.92 Å². The molecule has 0 spiro atoms. The van der Waals surface area contributed by atoms with Gasteiger partial charge < -0.3 is 19.3 Å². The quantitative estimate of drug-likeness (QED) is 0.283. The molecular formula is C31H33N5O4S. The molecule has 1 atom stereocenters. The van der Waals surface area contributed by atoms with Gasteiger partial charge in [-0.25, -0.2) is 0 Å². The molecule has 3 aromatic carbocycles. The molecule has 2 heterocycles. The number of hydrogen-bond donors (Lipinski definition) is 0. The molecule has 41 heavy (non-hydrogen) atoms. The average Bonchev–Trinajstić information content (AvgIpc) is 3.44. The number of piperazine rings is 1. The van der Waals surface area contributed by atoms with Gasteiger partial charge in [0.25, 0.3) is 5.91 Å². The summed E-state index contributed by atoms with van der Waals surface area (Å²) in [6.45, 7) is 5.44. The van der Waals surface area contributed by atoms with Crippen LogP contribution in [0.3, 0.4) is 0 Å². The van der Waals surface area contributed by atoms with Crippen LogP contribution in [-0.2, 0) is 4.79 Å². The van der Waals surface area contributed by atoms with Gasteiger partial charge in [-0.1, -0.05) is 41.6 Å². The number of amides is 2. The minimum Gasteiger partial charge on any atom is -0.497 e. The highest BCUT2D eigenvalue weighted by molar-refractivity contribution is 7.99. The summed E-state index contributed by atoms with van der Waals surface area (Å²) >= 11 is 1.36. The largest absolute Gasteiger partial charge is 0.497 e. The lowest BCUT2D eigenvalue weighted by atomic mass is 10.1. The van der Waals surface area contributed by atoms with E-state index in [1.807, 2.05) is 76.7 Å². The minimum absolute atomic E-state index is 0.000201. The summed E-state index contributed by atoms with van der Waals surface area (Å²) in [6.07, 6.45) is 0. The lowest BCUT2D eigenvalue weighted by Gasteiger charge is -2.40. The minimum atomic E-state index is -0.108. The molecule has 212 valence electrons. The van der Waals surface area contributed by atoms with Gasteiger partial charge >= 0.3 is 0 Å². The summed E-state index contributed by atoms with van der Waals surface area (Å²) in [5.74, 6) is 2.27. The van der Waals surface area contributed by atoms with E-state index in [0.717, 1.165) is 22.6 Å². The van der Waals surface area contributed by atoms with Crippen molar-refractivity contribution >= 4 is 23.6 Å². The van der Waals surface area contributed by atoms with Gasteiger partial charge in [0.2, 0.25) is 5.91 Å². The number of carbonyl (C=O) groups excluding carboxylic acids is 2. The Kier molecular flexibility index (Phi) is 8.58. The van der Waals surface area contributed by atoms with Crippen molar-refractivity contribution in [3.05, 3.63) is 83.9 Å². The van der Waals surface area contributed by atoms with Crippen molar-refractivity contribution in [2.75, 3.05) is 39.6 Å². The van der Waals surface area contributed by atoms with Crippen LogP contribution in [0.5, 0.6) is 11.5 Å². The van der Waals surface area contributed by atoms with Crippen LogP contribution in [0.25, 0.3) is 17.1 Å². The van der Waals surface area contributed by atoms with Gasteiger partial charge in [-0.05, 0) is 62.4 Å². The number of aryl methyl sites for hydroxylation is 1. The Morgan fingerprint density at radius 1 is 0.927 bits per heavy atom. The zero-order valence-corrected chi connectivity index (χ0v) is 24.4. The van der Waals surface area contributed by atoms with E-state index in [1.165, 1.54) is 11.8 Å². The Hall–Kier alpha value is -4.31. The second kappa shape index (κ2) is 12.5. The van der Waals surface area contributed by atoms with Gasteiger partial charge in [0.05, 0.1) is 20.0 Å². The number of nitrogens with zero attached hydrogens (tertiary/aromatic N) is 5. The van der Waals surface area contributed by atoms with Crippen LogP contribution >= 0.6 is 11.8 Å². The molecule has 1 saturated heterocycles. The first-order chi connectivity index (χ1) is 19.9. The fourth-order valence-corrected chi connectivity index (χ4v) is 5.70. The van der Waals surface area contributed by atoms with Gasteiger partial charge in [0.15, 0.2) is 11.0 Å². The third kappa shape index (κ3) is 6.22. The van der Waals surface area contributed by atoms with Crippen LogP contribution < -0.4 is 9.47 Å². The summed E-state index contributed by atoms with van der Waals surface area (Å²) in [5.41, 5.74) is 3.53. The molecule has 1 aliphatic rings. The third-order valence-corrected chi connectivity index (χ3v) is 8.07.